The quantitative estimate of drug-likeness (QED) is 0.757. The summed E-state index contributed by atoms with van der Waals surface area (Å²) in [7, 11) is 1.63. The number of rotatable bonds is 6. The molecular weight excluding hydrogens is 322 g/mol. The molecule has 0 aliphatic rings. The molecule has 0 radical (unpaired) electrons. The number of nitrogens with zero attached hydrogens (tertiary/aromatic N) is 3. The smallest absolute Gasteiger partial charge is 0.254 e. The van der Waals surface area contributed by atoms with Crippen molar-refractivity contribution in [2.45, 2.75) is 0 Å². The van der Waals surface area contributed by atoms with Crippen molar-refractivity contribution in [3.63, 3.8) is 0 Å². The zero-order valence-electron chi connectivity index (χ0n) is 11.3. The van der Waals surface area contributed by atoms with Crippen LogP contribution in [0.1, 0.15) is 10.4 Å². The van der Waals surface area contributed by atoms with Gasteiger partial charge in [0.1, 0.15) is 0 Å². The summed E-state index contributed by atoms with van der Waals surface area (Å²) in [5, 5.41) is 0.732. The van der Waals surface area contributed by atoms with E-state index >= 15 is 0 Å². The van der Waals surface area contributed by atoms with Gasteiger partial charge in [-0.15, -0.1) is 0 Å². The van der Waals surface area contributed by atoms with E-state index in [1.807, 2.05) is 6.07 Å². The number of methoxy groups -OCH3 is 1. The molecule has 0 aliphatic carbocycles. The Balaban J connectivity index is 2.23. The van der Waals surface area contributed by atoms with Gasteiger partial charge in [0.2, 0.25) is 0 Å². The number of halogens is 1. The molecule has 1 amide bonds. The van der Waals surface area contributed by atoms with Crippen LogP contribution in [0.15, 0.2) is 30.6 Å². The molecule has 2 aromatic rings. The maximum Gasteiger partial charge on any atom is 0.254 e. The second-order valence-corrected chi connectivity index (χ2v) is 5.03. The predicted molar refractivity (Wildman–Crippen MR) is 81.1 cm³/mol. The van der Waals surface area contributed by atoms with E-state index in [9.17, 15) is 4.79 Å². The Morgan fingerprint density at radius 1 is 1.25 bits per heavy atom. The standard InChI is InChI=1S/C14H16BrN3O2/c1-20-9-8-18(7-4-15)14(19)11-2-3-12-13(10-11)17-6-5-16-12/h2-3,5-6,10H,4,7-9H2,1H3. The third-order valence-electron chi connectivity index (χ3n) is 2.92. The molecule has 5 nitrogen and oxygen atoms in total. The predicted octanol–water partition coefficient (Wildman–Crippen LogP) is 2.11. The van der Waals surface area contributed by atoms with E-state index in [4.69, 9.17) is 4.74 Å². The molecule has 1 aromatic heterocycles. The van der Waals surface area contributed by atoms with Crippen LogP contribution in [-0.4, -0.2) is 52.9 Å². The number of ether oxygens (including phenoxy) is 1. The van der Waals surface area contributed by atoms with Crippen molar-refractivity contribution in [3.05, 3.63) is 36.2 Å². The molecule has 20 heavy (non-hydrogen) atoms. The lowest BCUT2D eigenvalue weighted by molar-refractivity contribution is 0.0709. The Morgan fingerprint density at radius 3 is 2.70 bits per heavy atom. The van der Waals surface area contributed by atoms with Gasteiger partial charge in [-0.25, -0.2) is 0 Å². The molecule has 0 aliphatic heterocycles. The van der Waals surface area contributed by atoms with E-state index in [1.165, 1.54) is 0 Å². The molecule has 1 aromatic carbocycles. The lowest BCUT2D eigenvalue weighted by atomic mass is 10.1. The van der Waals surface area contributed by atoms with E-state index in [2.05, 4.69) is 25.9 Å². The first-order valence-electron chi connectivity index (χ1n) is 6.31. The highest BCUT2D eigenvalue weighted by Gasteiger charge is 2.15. The highest BCUT2D eigenvalue weighted by molar-refractivity contribution is 9.09. The minimum atomic E-state index is -0.0194. The van der Waals surface area contributed by atoms with E-state index < -0.39 is 0 Å². The fourth-order valence-corrected chi connectivity index (χ4v) is 2.33. The number of hydrogen-bond acceptors (Lipinski definition) is 4. The van der Waals surface area contributed by atoms with Crippen molar-refractivity contribution in [2.24, 2.45) is 0 Å². The number of aromatic nitrogens is 2. The zero-order chi connectivity index (χ0) is 14.4. The summed E-state index contributed by atoms with van der Waals surface area (Å²) in [5.74, 6) is -0.0194. The Hall–Kier alpha value is -1.53. The van der Waals surface area contributed by atoms with Gasteiger partial charge in [-0.3, -0.25) is 14.8 Å². The van der Waals surface area contributed by atoms with E-state index in [-0.39, 0.29) is 5.91 Å². The SMILES string of the molecule is COCCN(CCBr)C(=O)c1ccc2nccnc2c1. The van der Waals surface area contributed by atoms with Gasteiger partial charge < -0.3 is 9.64 Å². The molecule has 6 heteroatoms. The number of hydrogen-bond donors (Lipinski definition) is 0. The van der Waals surface area contributed by atoms with Crippen LogP contribution in [0.3, 0.4) is 0 Å². The van der Waals surface area contributed by atoms with E-state index in [1.54, 1.807) is 36.5 Å². The van der Waals surface area contributed by atoms with Crippen LogP contribution in [0, 0.1) is 0 Å². The second kappa shape index (κ2) is 7.31. The van der Waals surface area contributed by atoms with Crippen molar-refractivity contribution >= 4 is 32.9 Å². The number of carbonyl (C=O) groups is 1. The van der Waals surface area contributed by atoms with Gasteiger partial charge >= 0.3 is 0 Å². The van der Waals surface area contributed by atoms with E-state index in [0.29, 0.717) is 25.3 Å². The van der Waals surface area contributed by atoms with Crippen molar-refractivity contribution < 1.29 is 9.53 Å². The van der Waals surface area contributed by atoms with Gasteiger partial charge in [0.25, 0.3) is 5.91 Å². The zero-order valence-corrected chi connectivity index (χ0v) is 12.8. The van der Waals surface area contributed by atoms with Crippen LogP contribution in [0.4, 0.5) is 0 Å². The van der Waals surface area contributed by atoms with Gasteiger partial charge in [-0.1, -0.05) is 15.9 Å². The monoisotopic (exact) mass is 337 g/mol. The third kappa shape index (κ3) is 3.52. The average Bonchev–Trinajstić information content (AvgIpc) is 2.50. The number of amides is 1. The summed E-state index contributed by atoms with van der Waals surface area (Å²) in [6, 6.07) is 5.38. The molecule has 0 saturated heterocycles. The first-order valence-corrected chi connectivity index (χ1v) is 7.43. The number of carbonyl (C=O) groups excluding carboxylic acids is 1. The third-order valence-corrected chi connectivity index (χ3v) is 3.28. The molecule has 0 N–H and O–H groups in total. The lowest BCUT2D eigenvalue weighted by Crippen LogP contribution is -2.35. The molecule has 0 bridgehead atoms. The summed E-state index contributed by atoms with van der Waals surface area (Å²) in [6.07, 6.45) is 3.26. The Bertz CT molecular complexity index is 591. The summed E-state index contributed by atoms with van der Waals surface area (Å²) in [5.41, 5.74) is 2.13. The number of benzene rings is 1. The molecule has 0 spiro atoms. The van der Waals surface area contributed by atoms with Gasteiger partial charge in [-0.05, 0) is 18.2 Å². The van der Waals surface area contributed by atoms with Crippen LogP contribution in [0.2, 0.25) is 0 Å². The summed E-state index contributed by atoms with van der Waals surface area (Å²) < 4.78 is 5.04. The van der Waals surface area contributed by atoms with Crippen LogP contribution in [-0.2, 0) is 4.74 Å². The largest absolute Gasteiger partial charge is 0.383 e. The second-order valence-electron chi connectivity index (χ2n) is 4.23. The highest BCUT2D eigenvalue weighted by atomic mass is 79.9. The van der Waals surface area contributed by atoms with E-state index in [0.717, 1.165) is 16.4 Å². The van der Waals surface area contributed by atoms with Crippen LogP contribution >= 0.6 is 15.9 Å². The van der Waals surface area contributed by atoms with Crippen molar-refractivity contribution in [3.8, 4) is 0 Å². The van der Waals surface area contributed by atoms with Gasteiger partial charge in [0.05, 0.1) is 17.6 Å². The topological polar surface area (TPSA) is 55.3 Å². The molecule has 0 saturated carbocycles. The fourth-order valence-electron chi connectivity index (χ4n) is 1.90. The molecule has 0 unspecified atom stereocenters. The van der Waals surface area contributed by atoms with Crippen LogP contribution < -0.4 is 0 Å². The molecule has 1 heterocycles. The average molecular weight is 338 g/mol. The first kappa shape index (κ1) is 14.9. The number of alkyl halides is 1. The minimum absolute atomic E-state index is 0.0194. The Morgan fingerprint density at radius 2 is 2.00 bits per heavy atom. The maximum absolute atomic E-state index is 12.5. The molecular formula is C14H16BrN3O2. The van der Waals surface area contributed by atoms with Gasteiger partial charge in [0.15, 0.2) is 0 Å². The fraction of sp³-hybridized carbons (Fsp3) is 0.357. The number of fused-ring (bicyclic) bond motifs is 1. The summed E-state index contributed by atoms with van der Waals surface area (Å²) in [4.78, 5) is 22.7. The summed E-state index contributed by atoms with van der Waals surface area (Å²) >= 11 is 3.37. The van der Waals surface area contributed by atoms with Crippen molar-refractivity contribution in [1.29, 1.82) is 0 Å². The minimum Gasteiger partial charge on any atom is -0.383 e. The molecule has 0 fully saturated rings. The molecule has 2 rings (SSSR count). The lowest BCUT2D eigenvalue weighted by Gasteiger charge is -2.21. The Labute approximate surface area is 126 Å². The van der Waals surface area contributed by atoms with Crippen molar-refractivity contribution in [2.75, 3.05) is 32.1 Å². The maximum atomic E-state index is 12.5. The molecule has 106 valence electrons. The highest BCUT2D eigenvalue weighted by Crippen LogP contribution is 2.13. The molecule has 0 atom stereocenters. The van der Waals surface area contributed by atoms with Crippen molar-refractivity contribution in [1.82, 2.24) is 14.9 Å². The first-order chi connectivity index (χ1) is 9.76. The normalized spacial score (nSPS) is 10.7. The van der Waals surface area contributed by atoms with Gasteiger partial charge in [-0.2, -0.15) is 0 Å². The van der Waals surface area contributed by atoms with Gasteiger partial charge in [0, 0.05) is 43.5 Å². The van der Waals surface area contributed by atoms with Crippen LogP contribution in [0.25, 0.3) is 11.0 Å². The summed E-state index contributed by atoms with van der Waals surface area (Å²) in [6.45, 7) is 1.73. The Kier molecular flexibility index (Phi) is 5.43. The van der Waals surface area contributed by atoms with Crippen LogP contribution in [0.5, 0.6) is 0 Å².